The Morgan fingerprint density at radius 1 is 1.38 bits per heavy atom. The maximum absolute atomic E-state index is 9.47. The van der Waals surface area contributed by atoms with E-state index in [9.17, 15) is 5.11 Å². The molecule has 1 aliphatic rings. The lowest BCUT2D eigenvalue weighted by Crippen LogP contribution is -2.45. The number of hydrogen-bond donors (Lipinski definition) is 2. The lowest BCUT2D eigenvalue weighted by Gasteiger charge is -2.37. The second-order valence-electron chi connectivity index (χ2n) is 6.11. The molecule has 1 fully saturated rings. The lowest BCUT2D eigenvalue weighted by molar-refractivity contribution is 0.246. The number of nitrogens with zero attached hydrogens (tertiary/aromatic N) is 2. The summed E-state index contributed by atoms with van der Waals surface area (Å²) in [6.07, 6.45) is 4.68. The average molecular weight is 287 g/mol. The van der Waals surface area contributed by atoms with Crippen LogP contribution in [-0.2, 0) is 12.0 Å². The van der Waals surface area contributed by atoms with Crippen LogP contribution in [-0.4, -0.2) is 34.4 Å². The summed E-state index contributed by atoms with van der Waals surface area (Å²) in [4.78, 5) is 4.96. The van der Waals surface area contributed by atoms with Crippen molar-refractivity contribution in [2.45, 2.75) is 44.6 Å². The molecule has 1 aliphatic heterocycles. The van der Waals surface area contributed by atoms with Gasteiger partial charge in [-0.2, -0.15) is 0 Å². The minimum absolute atomic E-state index is 0.112. The Bertz CT molecular complexity index is 594. The summed E-state index contributed by atoms with van der Waals surface area (Å²) in [5.41, 5.74) is 2.30. The molecule has 1 aromatic carbocycles. The monoisotopic (exact) mass is 287 g/mol. The van der Waals surface area contributed by atoms with Gasteiger partial charge in [-0.25, -0.2) is 4.98 Å². The topological polar surface area (TPSA) is 50.1 Å². The summed E-state index contributed by atoms with van der Waals surface area (Å²) in [6, 6.07) is 8.27. The maximum atomic E-state index is 9.47. The SMILES string of the molecule is CCCC1(c2nc3ccccc3n2CCO)CCCNC1. The van der Waals surface area contributed by atoms with Crippen LogP contribution in [0, 0.1) is 0 Å². The summed E-state index contributed by atoms with van der Waals surface area (Å²) >= 11 is 0. The molecule has 0 radical (unpaired) electrons. The smallest absolute Gasteiger partial charge is 0.117 e. The van der Waals surface area contributed by atoms with Gasteiger partial charge >= 0.3 is 0 Å². The van der Waals surface area contributed by atoms with Crippen molar-refractivity contribution in [1.29, 1.82) is 0 Å². The largest absolute Gasteiger partial charge is 0.395 e. The van der Waals surface area contributed by atoms with E-state index in [0.29, 0.717) is 6.54 Å². The molecule has 0 amide bonds. The molecule has 1 atom stereocenters. The Kier molecular flexibility index (Phi) is 4.27. The van der Waals surface area contributed by atoms with Gasteiger partial charge in [0.05, 0.1) is 17.6 Å². The lowest BCUT2D eigenvalue weighted by atomic mass is 9.76. The van der Waals surface area contributed by atoms with Gasteiger partial charge in [-0.1, -0.05) is 25.5 Å². The maximum Gasteiger partial charge on any atom is 0.117 e. The van der Waals surface area contributed by atoms with E-state index in [-0.39, 0.29) is 12.0 Å². The van der Waals surface area contributed by atoms with E-state index in [0.717, 1.165) is 42.8 Å². The van der Waals surface area contributed by atoms with Gasteiger partial charge in [-0.3, -0.25) is 0 Å². The average Bonchev–Trinajstić information content (AvgIpc) is 2.89. The number of benzene rings is 1. The molecule has 0 spiro atoms. The molecule has 0 aliphatic carbocycles. The molecule has 21 heavy (non-hydrogen) atoms. The molecule has 2 heterocycles. The first kappa shape index (κ1) is 14.5. The van der Waals surface area contributed by atoms with Gasteiger partial charge in [0, 0.05) is 18.5 Å². The number of para-hydroxylation sites is 2. The first-order chi connectivity index (χ1) is 10.3. The number of aliphatic hydroxyl groups is 1. The number of piperidine rings is 1. The predicted octanol–water partition coefficient (Wildman–Crippen LogP) is 2.45. The fraction of sp³-hybridized carbons (Fsp3) is 0.588. The van der Waals surface area contributed by atoms with E-state index < -0.39 is 0 Å². The predicted molar refractivity (Wildman–Crippen MR) is 85.5 cm³/mol. The van der Waals surface area contributed by atoms with Crippen molar-refractivity contribution in [3.8, 4) is 0 Å². The van der Waals surface area contributed by atoms with Crippen LogP contribution >= 0.6 is 0 Å². The highest BCUT2D eigenvalue weighted by Gasteiger charge is 2.37. The quantitative estimate of drug-likeness (QED) is 0.888. The number of hydrogen-bond acceptors (Lipinski definition) is 3. The van der Waals surface area contributed by atoms with Crippen molar-refractivity contribution in [2.24, 2.45) is 0 Å². The molecule has 114 valence electrons. The van der Waals surface area contributed by atoms with Crippen LogP contribution in [0.2, 0.25) is 0 Å². The highest BCUT2D eigenvalue weighted by atomic mass is 16.3. The summed E-state index contributed by atoms with van der Waals surface area (Å²) < 4.78 is 2.23. The zero-order valence-corrected chi connectivity index (χ0v) is 12.8. The van der Waals surface area contributed by atoms with Crippen molar-refractivity contribution in [1.82, 2.24) is 14.9 Å². The second-order valence-corrected chi connectivity index (χ2v) is 6.11. The molecule has 4 heteroatoms. The molecule has 1 saturated heterocycles. The van der Waals surface area contributed by atoms with Crippen LogP contribution in [0.5, 0.6) is 0 Å². The standard InChI is InChI=1S/C17H25N3O/c1-2-8-17(9-5-10-18-13-17)16-19-14-6-3-4-7-15(14)20(16)11-12-21/h3-4,6-7,18,21H,2,5,8-13H2,1H3. The third-order valence-electron chi connectivity index (χ3n) is 4.65. The molecule has 2 N–H and O–H groups in total. The summed E-state index contributed by atoms with van der Waals surface area (Å²) in [7, 11) is 0. The number of aromatic nitrogens is 2. The first-order valence-electron chi connectivity index (χ1n) is 8.08. The van der Waals surface area contributed by atoms with E-state index >= 15 is 0 Å². The summed E-state index contributed by atoms with van der Waals surface area (Å²) in [5, 5.41) is 13.0. The molecule has 0 bridgehead atoms. The summed E-state index contributed by atoms with van der Waals surface area (Å²) in [5.74, 6) is 1.16. The van der Waals surface area contributed by atoms with Crippen molar-refractivity contribution >= 4 is 11.0 Å². The molecule has 1 aromatic heterocycles. The third kappa shape index (κ3) is 2.58. The zero-order valence-electron chi connectivity index (χ0n) is 12.8. The van der Waals surface area contributed by atoms with Gasteiger partial charge in [0.2, 0.25) is 0 Å². The fourth-order valence-corrected chi connectivity index (χ4v) is 3.77. The molecule has 2 aromatic rings. The highest BCUT2D eigenvalue weighted by molar-refractivity contribution is 5.76. The van der Waals surface area contributed by atoms with Gasteiger partial charge in [-0.15, -0.1) is 0 Å². The van der Waals surface area contributed by atoms with Gasteiger partial charge in [0.1, 0.15) is 5.82 Å². The fourth-order valence-electron chi connectivity index (χ4n) is 3.77. The second kappa shape index (κ2) is 6.16. The molecular weight excluding hydrogens is 262 g/mol. The Morgan fingerprint density at radius 2 is 2.24 bits per heavy atom. The van der Waals surface area contributed by atoms with Gasteiger partial charge in [-0.05, 0) is 37.9 Å². The Labute approximate surface area is 126 Å². The minimum atomic E-state index is 0.112. The minimum Gasteiger partial charge on any atom is -0.395 e. The molecule has 1 unspecified atom stereocenters. The van der Waals surface area contributed by atoms with Crippen molar-refractivity contribution < 1.29 is 5.11 Å². The van der Waals surface area contributed by atoms with Crippen LogP contribution in [0.4, 0.5) is 0 Å². The molecule has 4 nitrogen and oxygen atoms in total. The van der Waals surface area contributed by atoms with Crippen molar-refractivity contribution in [3.63, 3.8) is 0 Å². The van der Waals surface area contributed by atoms with Crippen LogP contribution in [0.15, 0.2) is 24.3 Å². The number of fused-ring (bicyclic) bond motifs is 1. The third-order valence-corrected chi connectivity index (χ3v) is 4.65. The number of rotatable bonds is 5. The van der Waals surface area contributed by atoms with E-state index in [1.807, 2.05) is 12.1 Å². The Morgan fingerprint density at radius 3 is 2.95 bits per heavy atom. The van der Waals surface area contributed by atoms with E-state index in [1.54, 1.807) is 0 Å². The van der Waals surface area contributed by atoms with Crippen LogP contribution in [0.25, 0.3) is 11.0 Å². The van der Waals surface area contributed by atoms with Crippen LogP contribution in [0.3, 0.4) is 0 Å². The van der Waals surface area contributed by atoms with Gasteiger partial charge < -0.3 is 15.0 Å². The van der Waals surface area contributed by atoms with Gasteiger partial charge in [0.25, 0.3) is 0 Å². The highest BCUT2D eigenvalue weighted by Crippen LogP contribution is 2.36. The van der Waals surface area contributed by atoms with E-state index in [1.165, 1.54) is 12.8 Å². The Hall–Kier alpha value is -1.39. The number of aliphatic hydroxyl groups excluding tert-OH is 1. The van der Waals surface area contributed by atoms with Crippen LogP contribution in [0.1, 0.15) is 38.4 Å². The van der Waals surface area contributed by atoms with Crippen molar-refractivity contribution in [2.75, 3.05) is 19.7 Å². The first-order valence-corrected chi connectivity index (χ1v) is 8.08. The van der Waals surface area contributed by atoms with E-state index in [2.05, 4.69) is 28.9 Å². The molecule has 3 rings (SSSR count). The zero-order chi connectivity index (χ0) is 14.7. The normalized spacial score (nSPS) is 22.8. The molecule has 0 saturated carbocycles. The number of nitrogens with one attached hydrogen (secondary N) is 1. The Balaban J connectivity index is 2.13. The van der Waals surface area contributed by atoms with E-state index in [4.69, 9.17) is 4.98 Å². The van der Waals surface area contributed by atoms with Crippen molar-refractivity contribution in [3.05, 3.63) is 30.1 Å². The molecular formula is C17H25N3O. The van der Waals surface area contributed by atoms with Gasteiger partial charge in [0.15, 0.2) is 0 Å². The number of imidazole rings is 1. The summed E-state index contributed by atoms with van der Waals surface area (Å²) in [6.45, 7) is 5.13. The van der Waals surface area contributed by atoms with Crippen LogP contribution < -0.4 is 5.32 Å².